The largest absolute Gasteiger partial charge is 0.480 e. The highest BCUT2D eigenvalue weighted by atomic mass is 16.5. The molecule has 0 radical (unpaired) electrons. The third-order valence-corrected chi connectivity index (χ3v) is 6.70. The Kier molecular flexibility index (Phi) is 6.96. The summed E-state index contributed by atoms with van der Waals surface area (Å²) in [7, 11) is 0. The van der Waals surface area contributed by atoms with Crippen molar-refractivity contribution < 1.29 is 24.2 Å². The number of carboxylic acids is 1. The minimum Gasteiger partial charge on any atom is -0.480 e. The maximum absolute atomic E-state index is 13.1. The zero-order valence-electron chi connectivity index (χ0n) is 18.8. The minimum atomic E-state index is -1.05. The number of ether oxygens (including phenoxy) is 1. The number of amides is 2. The van der Waals surface area contributed by atoms with E-state index >= 15 is 0 Å². The van der Waals surface area contributed by atoms with E-state index in [-0.39, 0.29) is 31.0 Å². The van der Waals surface area contributed by atoms with Crippen molar-refractivity contribution in [1.29, 1.82) is 0 Å². The van der Waals surface area contributed by atoms with Gasteiger partial charge in [-0.25, -0.2) is 4.79 Å². The van der Waals surface area contributed by atoms with Gasteiger partial charge in [0.05, 0.1) is 0 Å². The Labute approximate surface area is 193 Å². The molecule has 0 aromatic heterocycles. The van der Waals surface area contributed by atoms with Gasteiger partial charge in [-0.05, 0) is 41.5 Å². The third-order valence-electron chi connectivity index (χ3n) is 6.70. The predicted molar refractivity (Wildman–Crippen MR) is 124 cm³/mol. The van der Waals surface area contributed by atoms with Gasteiger partial charge in [0.1, 0.15) is 19.2 Å². The second-order valence-electron chi connectivity index (χ2n) is 8.73. The van der Waals surface area contributed by atoms with E-state index in [9.17, 15) is 19.5 Å². The maximum atomic E-state index is 13.1. The smallest absolute Gasteiger partial charge is 0.407 e. The summed E-state index contributed by atoms with van der Waals surface area (Å²) in [5.41, 5.74) is 4.51. The first-order valence-electron chi connectivity index (χ1n) is 11.6. The Balaban J connectivity index is 1.41. The molecule has 2 N–H and O–H groups in total. The van der Waals surface area contributed by atoms with E-state index in [4.69, 9.17) is 4.74 Å². The van der Waals surface area contributed by atoms with Crippen LogP contribution >= 0.6 is 0 Å². The molecule has 0 unspecified atom stereocenters. The molecule has 2 aromatic rings. The van der Waals surface area contributed by atoms with E-state index in [0.717, 1.165) is 47.9 Å². The highest BCUT2D eigenvalue weighted by Gasteiger charge is 2.34. The number of hydrogen-bond donors (Lipinski definition) is 2. The van der Waals surface area contributed by atoms with Crippen molar-refractivity contribution in [2.75, 3.05) is 13.2 Å². The van der Waals surface area contributed by atoms with Crippen molar-refractivity contribution in [2.24, 2.45) is 0 Å². The number of nitrogens with one attached hydrogen (secondary N) is 1. The average molecular weight is 451 g/mol. The molecule has 4 rings (SSSR count). The molecule has 1 fully saturated rings. The topological polar surface area (TPSA) is 95.9 Å². The van der Waals surface area contributed by atoms with Crippen LogP contribution in [0.3, 0.4) is 0 Å². The fourth-order valence-electron chi connectivity index (χ4n) is 5.07. The van der Waals surface area contributed by atoms with Gasteiger partial charge < -0.3 is 20.1 Å². The van der Waals surface area contributed by atoms with Gasteiger partial charge in [0.25, 0.3) is 0 Å². The first-order chi connectivity index (χ1) is 16.0. The molecule has 0 bridgehead atoms. The Bertz CT molecular complexity index is 985. The molecule has 2 aliphatic carbocycles. The van der Waals surface area contributed by atoms with Gasteiger partial charge in [-0.1, -0.05) is 68.3 Å². The summed E-state index contributed by atoms with van der Waals surface area (Å²) in [5, 5.41) is 12.0. The Hall–Kier alpha value is -3.35. The molecule has 2 aromatic carbocycles. The van der Waals surface area contributed by atoms with Crippen molar-refractivity contribution in [3.05, 3.63) is 59.7 Å². The minimum absolute atomic E-state index is 0.0686. The van der Waals surface area contributed by atoms with Gasteiger partial charge in [-0.15, -0.1) is 0 Å². The average Bonchev–Trinajstić information content (AvgIpc) is 3.46. The quantitative estimate of drug-likeness (QED) is 0.630. The number of hydrogen-bond acceptors (Lipinski definition) is 4. The Morgan fingerprint density at radius 1 is 1.03 bits per heavy atom. The number of rotatable bonds is 8. The second kappa shape index (κ2) is 10.1. The SMILES string of the molecule is CC[C@@H](NC(=O)OCC1c2ccccc2-c2ccccc21)C(=O)N(CC(=O)O)C1CCCC1. The van der Waals surface area contributed by atoms with Crippen LogP contribution in [0.2, 0.25) is 0 Å². The number of aliphatic carboxylic acids is 1. The number of benzene rings is 2. The van der Waals surface area contributed by atoms with Crippen LogP contribution in [0.1, 0.15) is 56.1 Å². The summed E-state index contributed by atoms with van der Waals surface area (Å²) in [4.78, 5) is 38.5. The molecule has 174 valence electrons. The summed E-state index contributed by atoms with van der Waals surface area (Å²) in [6.07, 6.45) is 3.22. The van der Waals surface area contributed by atoms with E-state index < -0.39 is 18.1 Å². The van der Waals surface area contributed by atoms with E-state index in [1.807, 2.05) is 36.4 Å². The van der Waals surface area contributed by atoms with Crippen LogP contribution in [0.4, 0.5) is 4.79 Å². The number of carbonyl (C=O) groups is 3. The second-order valence-corrected chi connectivity index (χ2v) is 8.73. The molecule has 0 heterocycles. The normalized spacial score (nSPS) is 16.0. The lowest BCUT2D eigenvalue weighted by atomic mass is 9.98. The lowest BCUT2D eigenvalue weighted by molar-refractivity contribution is -0.147. The monoisotopic (exact) mass is 450 g/mol. The van der Waals surface area contributed by atoms with Gasteiger partial charge in [-0.3, -0.25) is 9.59 Å². The molecular formula is C26H30N2O5. The van der Waals surface area contributed by atoms with Gasteiger partial charge in [-0.2, -0.15) is 0 Å². The summed E-state index contributed by atoms with van der Waals surface area (Å²) < 4.78 is 5.57. The van der Waals surface area contributed by atoms with Gasteiger partial charge >= 0.3 is 12.1 Å². The van der Waals surface area contributed by atoms with Crippen LogP contribution < -0.4 is 5.32 Å². The predicted octanol–water partition coefficient (Wildman–Crippen LogP) is 4.16. The van der Waals surface area contributed by atoms with Crippen molar-refractivity contribution in [3.8, 4) is 11.1 Å². The van der Waals surface area contributed by atoms with Crippen molar-refractivity contribution >= 4 is 18.0 Å². The molecule has 1 saturated carbocycles. The number of alkyl carbamates (subject to hydrolysis) is 1. The molecule has 33 heavy (non-hydrogen) atoms. The fraction of sp³-hybridized carbons (Fsp3) is 0.423. The van der Waals surface area contributed by atoms with Gasteiger partial charge in [0.2, 0.25) is 5.91 Å². The van der Waals surface area contributed by atoms with Crippen molar-refractivity contribution in [3.63, 3.8) is 0 Å². The lowest BCUT2D eigenvalue weighted by Crippen LogP contribution is -2.52. The zero-order chi connectivity index (χ0) is 23.4. The van der Waals surface area contributed by atoms with Crippen molar-refractivity contribution in [1.82, 2.24) is 10.2 Å². The van der Waals surface area contributed by atoms with Crippen LogP contribution in [-0.4, -0.2) is 53.2 Å². The van der Waals surface area contributed by atoms with E-state index in [2.05, 4.69) is 17.4 Å². The molecular weight excluding hydrogens is 420 g/mol. The molecule has 2 aliphatic rings. The van der Waals surface area contributed by atoms with Crippen LogP contribution in [0.15, 0.2) is 48.5 Å². The van der Waals surface area contributed by atoms with Crippen LogP contribution in [-0.2, 0) is 14.3 Å². The van der Waals surface area contributed by atoms with Gasteiger partial charge in [0, 0.05) is 12.0 Å². The lowest BCUT2D eigenvalue weighted by Gasteiger charge is -2.31. The molecule has 7 nitrogen and oxygen atoms in total. The Morgan fingerprint density at radius 3 is 2.15 bits per heavy atom. The summed E-state index contributed by atoms with van der Waals surface area (Å²) in [6, 6.07) is 15.3. The molecule has 2 amide bonds. The first kappa shape index (κ1) is 22.8. The summed E-state index contributed by atoms with van der Waals surface area (Å²) in [5.74, 6) is -1.48. The highest BCUT2D eigenvalue weighted by molar-refractivity contribution is 5.88. The molecule has 0 spiro atoms. The first-order valence-corrected chi connectivity index (χ1v) is 11.6. The van der Waals surface area contributed by atoms with E-state index in [0.29, 0.717) is 6.42 Å². The zero-order valence-corrected chi connectivity index (χ0v) is 18.8. The number of carbonyl (C=O) groups excluding carboxylic acids is 2. The van der Waals surface area contributed by atoms with E-state index in [1.54, 1.807) is 6.92 Å². The molecule has 7 heteroatoms. The summed E-state index contributed by atoms with van der Waals surface area (Å²) in [6.45, 7) is 1.60. The Morgan fingerprint density at radius 2 is 1.61 bits per heavy atom. The van der Waals surface area contributed by atoms with Crippen molar-refractivity contribution in [2.45, 2.75) is 57.0 Å². The molecule has 0 aliphatic heterocycles. The highest BCUT2D eigenvalue weighted by Crippen LogP contribution is 2.44. The van der Waals surface area contributed by atoms with Crippen LogP contribution in [0.5, 0.6) is 0 Å². The number of carboxylic acid groups (broad SMARTS) is 1. The molecule has 1 atom stereocenters. The standard InChI is InChI=1S/C26H30N2O5/c1-2-23(25(31)28(15-24(29)30)17-9-3-4-10-17)27-26(32)33-16-22-20-13-7-5-11-18(20)19-12-6-8-14-21(19)22/h5-8,11-14,17,22-23H,2-4,9-10,15-16H2,1H3,(H,27,32)(H,29,30)/t23-/m1/s1. The molecule has 0 saturated heterocycles. The maximum Gasteiger partial charge on any atom is 0.407 e. The summed E-state index contributed by atoms with van der Waals surface area (Å²) >= 11 is 0. The number of fused-ring (bicyclic) bond motifs is 3. The van der Waals surface area contributed by atoms with E-state index in [1.165, 1.54) is 4.90 Å². The number of nitrogens with zero attached hydrogens (tertiary/aromatic N) is 1. The third kappa shape index (κ3) is 4.87. The van der Waals surface area contributed by atoms with Gasteiger partial charge in [0.15, 0.2) is 0 Å². The fourth-order valence-corrected chi connectivity index (χ4v) is 5.07. The van der Waals surface area contributed by atoms with Crippen LogP contribution in [0.25, 0.3) is 11.1 Å². The van der Waals surface area contributed by atoms with Crippen LogP contribution in [0, 0.1) is 0 Å².